The van der Waals surface area contributed by atoms with Crippen LogP contribution in [0.2, 0.25) is 0 Å². The topological polar surface area (TPSA) is 130 Å². The molecule has 0 radical (unpaired) electrons. The Morgan fingerprint density at radius 3 is 2.34 bits per heavy atom. The van der Waals surface area contributed by atoms with Crippen molar-refractivity contribution < 1.29 is 19.4 Å². The molecule has 2 heterocycles. The van der Waals surface area contributed by atoms with E-state index in [0.29, 0.717) is 45.6 Å². The van der Waals surface area contributed by atoms with Crippen LogP contribution in [-0.2, 0) is 9.53 Å². The quantitative estimate of drug-likeness (QED) is 0.414. The van der Waals surface area contributed by atoms with Gasteiger partial charge in [-0.2, -0.15) is 5.26 Å². The maximum absolute atomic E-state index is 13.4. The van der Waals surface area contributed by atoms with Crippen LogP contribution in [0, 0.1) is 16.7 Å². The first-order valence-electron chi connectivity index (χ1n) is 11.4. The lowest BCUT2D eigenvalue weighted by atomic mass is 9.85. The molecule has 0 aromatic carbocycles. The van der Waals surface area contributed by atoms with Crippen LogP contribution in [0.1, 0.15) is 53.4 Å². The zero-order chi connectivity index (χ0) is 23.8. The second-order valence-corrected chi connectivity index (χ2v) is 9.79. The number of carboxylic acid groups (broad SMARTS) is 1. The number of guanidine groups is 1. The van der Waals surface area contributed by atoms with Gasteiger partial charge in [-0.3, -0.25) is 10.1 Å². The number of piperidine rings is 1. The number of hydrogen-bond donors (Lipinski definition) is 3. The Bertz CT molecular complexity index is 713. The van der Waals surface area contributed by atoms with Gasteiger partial charge in [-0.15, -0.1) is 0 Å². The third-order valence-corrected chi connectivity index (χ3v) is 5.74. The Hall–Kier alpha value is -2.38. The largest absolute Gasteiger partial charge is 0.465 e. The Labute approximate surface area is 191 Å². The van der Waals surface area contributed by atoms with Crippen molar-refractivity contribution in [2.24, 2.45) is 10.4 Å². The van der Waals surface area contributed by atoms with E-state index in [1.807, 2.05) is 20.8 Å². The van der Waals surface area contributed by atoms with Gasteiger partial charge in [0, 0.05) is 26.2 Å². The first kappa shape index (κ1) is 25.9. The Balaban J connectivity index is 2.24. The molecule has 1 unspecified atom stereocenters. The lowest BCUT2D eigenvalue weighted by Crippen LogP contribution is -2.57. The number of aliphatic imine (C=N–C) groups is 1. The molecular weight excluding hydrogens is 412 g/mol. The molecule has 3 N–H and O–H groups in total. The molecule has 10 heteroatoms. The van der Waals surface area contributed by atoms with Crippen LogP contribution in [0.5, 0.6) is 0 Å². The van der Waals surface area contributed by atoms with E-state index in [4.69, 9.17) is 4.74 Å². The highest BCUT2D eigenvalue weighted by Gasteiger charge is 2.38. The summed E-state index contributed by atoms with van der Waals surface area (Å²) >= 11 is 0. The highest BCUT2D eigenvalue weighted by atomic mass is 16.5. The van der Waals surface area contributed by atoms with Crippen LogP contribution in [0.25, 0.3) is 0 Å². The molecule has 2 rings (SSSR count). The lowest BCUT2D eigenvalue weighted by Gasteiger charge is -2.38. The predicted octanol–water partition coefficient (Wildman–Crippen LogP) is 1.63. The van der Waals surface area contributed by atoms with Crippen molar-refractivity contribution in [2.45, 2.75) is 65.0 Å². The number of amides is 2. The maximum Gasteiger partial charge on any atom is 0.411 e. The van der Waals surface area contributed by atoms with Crippen molar-refractivity contribution in [2.75, 3.05) is 45.9 Å². The molecule has 0 aliphatic carbocycles. The van der Waals surface area contributed by atoms with Gasteiger partial charge in [-0.1, -0.05) is 27.7 Å². The average Bonchev–Trinajstić information content (AvgIpc) is 2.74. The van der Waals surface area contributed by atoms with E-state index in [2.05, 4.69) is 33.5 Å². The first-order chi connectivity index (χ1) is 15.1. The van der Waals surface area contributed by atoms with Gasteiger partial charge in [-0.25, -0.2) is 9.79 Å². The summed E-state index contributed by atoms with van der Waals surface area (Å²) in [5, 5.41) is 24.5. The summed E-state index contributed by atoms with van der Waals surface area (Å²) in [4.78, 5) is 33.4. The molecule has 180 valence electrons. The SMILES string of the molecule is CCCN1CCC(C#N)(NC(=O)C(CC(C)(C)C)N=C(NC(=O)O)N2CCOCC2)CC1. The Morgan fingerprint density at radius 1 is 1.22 bits per heavy atom. The summed E-state index contributed by atoms with van der Waals surface area (Å²) < 4.78 is 5.35. The molecule has 2 aliphatic rings. The Kier molecular flexibility index (Phi) is 9.28. The molecule has 0 spiro atoms. The van der Waals surface area contributed by atoms with Gasteiger partial charge >= 0.3 is 6.09 Å². The zero-order valence-corrected chi connectivity index (χ0v) is 19.8. The summed E-state index contributed by atoms with van der Waals surface area (Å²) in [7, 11) is 0. The summed E-state index contributed by atoms with van der Waals surface area (Å²) in [6, 6.07) is 1.51. The number of likely N-dealkylation sites (tertiary alicyclic amines) is 1. The van der Waals surface area contributed by atoms with E-state index in [9.17, 15) is 20.0 Å². The second kappa shape index (κ2) is 11.5. The fourth-order valence-corrected chi connectivity index (χ4v) is 4.05. The van der Waals surface area contributed by atoms with E-state index in [0.717, 1.165) is 26.1 Å². The van der Waals surface area contributed by atoms with Gasteiger partial charge in [-0.05, 0) is 37.6 Å². The van der Waals surface area contributed by atoms with Crippen LogP contribution in [-0.4, -0.2) is 90.4 Å². The molecular formula is C22H38N6O4. The third kappa shape index (κ3) is 7.95. The monoisotopic (exact) mass is 450 g/mol. The molecule has 0 aromatic heterocycles. The number of nitriles is 1. The molecule has 1 atom stereocenters. The van der Waals surface area contributed by atoms with Crippen molar-refractivity contribution in [1.29, 1.82) is 5.26 Å². The fraction of sp³-hybridized carbons (Fsp3) is 0.818. The van der Waals surface area contributed by atoms with Gasteiger partial charge in [0.25, 0.3) is 0 Å². The van der Waals surface area contributed by atoms with Crippen LogP contribution < -0.4 is 10.6 Å². The molecule has 10 nitrogen and oxygen atoms in total. The van der Waals surface area contributed by atoms with Gasteiger partial charge in [0.1, 0.15) is 11.6 Å². The molecule has 2 fully saturated rings. The standard InChI is InChI=1S/C22H38N6O4/c1-5-8-27-9-6-22(16-23,7-10-27)26-18(29)17(15-21(2,3)4)24-19(25-20(30)31)28-11-13-32-14-12-28/h17H,5-15H2,1-4H3,(H,24,25)(H,26,29)(H,30,31). The summed E-state index contributed by atoms with van der Waals surface area (Å²) in [6.07, 6.45) is 1.35. The number of hydrogen-bond acceptors (Lipinski definition) is 6. The smallest absolute Gasteiger partial charge is 0.411 e. The number of morpholine rings is 1. The number of carbonyl (C=O) groups is 2. The number of rotatable bonds is 6. The molecule has 0 bridgehead atoms. The second-order valence-electron chi connectivity index (χ2n) is 9.79. The molecule has 2 amide bonds. The third-order valence-electron chi connectivity index (χ3n) is 5.74. The highest BCUT2D eigenvalue weighted by Crippen LogP contribution is 2.26. The van der Waals surface area contributed by atoms with Crippen molar-refractivity contribution in [1.82, 2.24) is 20.4 Å². The average molecular weight is 451 g/mol. The molecule has 2 aliphatic heterocycles. The Morgan fingerprint density at radius 2 is 1.84 bits per heavy atom. The van der Waals surface area contributed by atoms with Crippen molar-refractivity contribution in [3.05, 3.63) is 0 Å². The first-order valence-corrected chi connectivity index (χ1v) is 11.4. The summed E-state index contributed by atoms with van der Waals surface area (Å²) in [5.74, 6) is -0.197. The van der Waals surface area contributed by atoms with E-state index in [1.54, 1.807) is 4.90 Å². The summed E-state index contributed by atoms with van der Waals surface area (Å²) in [5.41, 5.74) is -1.15. The van der Waals surface area contributed by atoms with E-state index >= 15 is 0 Å². The van der Waals surface area contributed by atoms with Gasteiger partial charge in [0.05, 0.1) is 19.3 Å². The maximum atomic E-state index is 13.4. The van der Waals surface area contributed by atoms with Crippen LogP contribution in [0.15, 0.2) is 4.99 Å². The molecule has 0 saturated carbocycles. The molecule has 2 saturated heterocycles. The highest BCUT2D eigenvalue weighted by molar-refractivity contribution is 5.95. The van der Waals surface area contributed by atoms with Crippen molar-refractivity contribution in [3.8, 4) is 6.07 Å². The number of ether oxygens (including phenoxy) is 1. The number of nitrogens with one attached hydrogen (secondary N) is 2. The van der Waals surface area contributed by atoms with E-state index < -0.39 is 17.7 Å². The zero-order valence-electron chi connectivity index (χ0n) is 19.8. The summed E-state index contributed by atoms with van der Waals surface area (Å²) in [6.45, 7) is 12.5. The predicted molar refractivity (Wildman–Crippen MR) is 121 cm³/mol. The van der Waals surface area contributed by atoms with Gasteiger partial charge in [0.15, 0.2) is 0 Å². The van der Waals surface area contributed by atoms with E-state index in [-0.39, 0.29) is 17.3 Å². The minimum absolute atomic E-state index is 0.147. The molecule has 32 heavy (non-hydrogen) atoms. The molecule has 0 aromatic rings. The normalized spacial score (nSPS) is 20.8. The van der Waals surface area contributed by atoms with Crippen molar-refractivity contribution in [3.63, 3.8) is 0 Å². The van der Waals surface area contributed by atoms with Crippen LogP contribution in [0.4, 0.5) is 4.79 Å². The van der Waals surface area contributed by atoms with E-state index in [1.165, 1.54) is 0 Å². The fourth-order valence-electron chi connectivity index (χ4n) is 4.05. The van der Waals surface area contributed by atoms with Crippen molar-refractivity contribution >= 4 is 18.0 Å². The number of carbonyl (C=O) groups excluding carboxylic acids is 1. The van der Waals surface area contributed by atoms with Gasteiger partial charge < -0.3 is 25.0 Å². The minimum Gasteiger partial charge on any atom is -0.465 e. The lowest BCUT2D eigenvalue weighted by molar-refractivity contribution is -0.124. The van der Waals surface area contributed by atoms with Gasteiger partial charge in [0.2, 0.25) is 11.9 Å². The van der Waals surface area contributed by atoms with Crippen LogP contribution in [0.3, 0.4) is 0 Å². The number of nitrogens with zero attached hydrogens (tertiary/aromatic N) is 4. The van der Waals surface area contributed by atoms with Crippen LogP contribution >= 0.6 is 0 Å². The minimum atomic E-state index is -1.23.